The number of carbonyl (C=O) groups is 1. The van der Waals surface area contributed by atoms with Crippen molar-refractivity contribution >= 4 is 23.2 Å². The van der Waals surface area contributed by atoms with E-state index in [2.05, 4.69) is 4.37 Å². The maximum atomic E-state index is 12.9. The van der Waals surface area contributed by atoms with Gasteiger partial charge < -0.3 is 4.74 Å². The number of benzene rings is 1. The summed E-state index contributed by atoms with van der Waals surface area (Å²) in [5.74, 6) is -1.39. The standard InChI is InChI=1S/C15H14F2N2O4S/c1-15(2,3)12-9(7-24-18-12)14(20)23-10-6-4-5-8(13(16)17)11(10)19(21)22/h4-7,13H,1-3H3. The molecule has 24 heavy (non-hydrogen) atoms. The van der Waals surface area contributed by atoms with Crippen molar-refractivity contribution < 1.29 is 23.2 Å². The third-order valence-electron chi connectivity index (χ3n) is 3.15. The minimum Gasteiger partial charge on any atom is -0.415 e. The van der Waals surface area contributed by atoms with Gasteiger partial charge >= 0.3 is 11.7 Å². The first-order valence-electron chi connectivity index (χ1n) is 6.85. The van der Waals surface area contributed by atoms with Crippen molar-refractivity contribution in [1.29, 1.82) is 0 Å². The monoisotopic (exact) mass is 356 g/mol. The zero-order chi connectivity index (χ0) is 18.1. The van der Waals surface area contributed by atoms with E-state index < -0.39 is 39.7 Å². The lowest BCUT2D eigenvalue weighted by atomic mass is 9.89. The number of alkyl halides is 2. The molecular weight excluding hydrogens is 342 g/mol. The predicted octanol–water partition coefficient (Wildman–Crippen LogP) is 4.51. The predicted molar refractivity (Wildman–Crippen MR) is 83.8 cm³/mol. The highest BCUT2D eigenvalue weighted by molar-refractivity contribution is 7.04. The molecule has 0 fully saturated rings. The summed E-state index contributed by atoms with van der Waals surface area (Å²) in [6, 6.07) is 3.21. The number of hydrogen-bond donors (Lipinski definition) is 0. The number of ether oxygens (including phenoxy) is 1. The zero-order valence-electron chi connectivity index (χ0n) is 13.1. The van der Waals surface area contributed by atoms with E-state index in [0.29, 0.717) is 5.69 Å². The Hall–Kier alpha value is -2.42. The van der Waals surface area contributed by atoms with Gasteiger partial charge in [0.05, 0.1) is 21.7 Å². The molecule has 0 N–H and O–H groups in total. The maximum Gasteiger partial charge on any atom is 0.346 e. The van der Waals surface area contributed by atoms with Crippen molar-refractivity contribution in [2.24, 2.45) is 0 Å². The Kier molecular flexibility index (Phi) is 4.93. The first kappa shape index (κ1) is 17.9. The molecule has 6 nitrogen and oxygen atoms in total. The molecule has 0 bridgehead atoms. The summed E-state index contributed by atoms with van der Waals surface area (Å²) >= 11 is 1.05. The molecule has 9 heteroatoms. The van der Waals surface area contributed by atoms with Crippen LogP contribution in [0.15, 0.2) is 23.6 Å². The number of aromatic nitrogens is 1. The molecule has 0 radical (unpaired) electrons. The number of carbonyl (C=O) groups excluding carboxylic acids is 1. The second-order valence-corrected chi connectivity index (χ2v) is 6.60. The quantitative estimate of drug-likeness (QED) is 0.348. The molecule has 2 aromatic rings. The van der Waals surface area contributed by atoms with Gasteiger partial charge in [-0.2, -0.15) is 4.37 Å². The Morgan fingerprint density at radius 1 is 1.38 bits per heavy atom. The summed E-state index contributed by atoms with van der Waals surface area (Å²) in [6.07, 6.45) is -3.06. The number of nitrogens with zero attached hydrogens (tertiary/aromatic N) is 2. The van der Waals surface area contributed by atoms with E-state index in [9.17, 15) is 23.7 Å². The van der Waals surface area contributed by atoms with Crippen LogP contribution in [0.3, 0.4) is 0 Å². The number of nitro benzene ring substituents is 1. The molecule has 0 saturated heterocycles. The van der Waals surface area contributed by atoms with Crippen molar-refractivity contribution in [3.63, 3.8) is 0 Å². The summed E-state index contributed by atoms with van der Waals surface area (Å²) in [4.78, 5) is 22.5. The SMILES string of the molecule is CC(C)(C)c1nscc1C(=O)Oc1cccc(C(F)F)c1[N+](=O)[O-]. The van der Waals surface area contributed by atoms with Gasteiger partial charge in [-0.25, -0.2) is 13.6 Å². The maximum absolute atomic E-state index is 12.9. The van der Waals surface area contributed by atoms with E-state index in [1.165, 1.54) is 11.4 Å². The van der Waals surface area contributed by atoms with Crippen molar-refractivity contribution in [3.05, 3.63) is 50.5 Å². The molecule has 1 heterocycles. The lowest BCUT2D eigenvalue weighted by molar-refractivity contribution is -0.387. The average molecular weight is 356 g/mol. The fourth-order valence-corrected chi connectivity index (χ4v) is 2.91. The molecule has 2 rings (SSSR count). The van der Waals surface area contributed by atoms with Gasteiger partial charge in [-0.1, -0.05) is 26.8 Å². The highest BCUT2D eigenvalue weighted by Gasteiger charge is 2.30. The Balaban J connectivity index is 2.42. The Labute approximate surface area is 140 Å². The molecule has 128 valence electrons. The lowest BCUT2D eigenvalue weighted by Gasteiger charge is -2.17. The van der Waals surface area contributed by atoms with Crippen LogP contribution in [0.5, 0.6) is 5.75 Å². The summed E-state index contributed by atoms with van der Waals surface area (Å²) in [5, 5.41) is 12.6. The van der Waals surface area contributed by atoms with E-state index in [0.717, 1.165) is 23.7 Å². The molecule has 1 aromatic heterocycles. The molecular formula is C15H14F2N2O4S. The molecule has 1 aromatic carbocycles. The van der Waals surface area contributed by atoms with Crippen LogP contribution in [0.25, 0.3) is 0 Å². The minimum atomic E-state index is -3.06. The zero-order valence-corrected chi connectivity index (χ0v) is 13.9. The number of nitro groups is 1. The number of para-hydroxylation sites is 1. The van der Waals surface area contributed by atoms with E-state index in [1.54, 1.807) is 0 Å². The fourth-order valence-electron chi connectivity index (χ4n) is 2.07. The molecule has 0 amide bonds. The minimum absolute atomic E-state index is 0.157. The number of esters is 1. The Morgan fingerprint density at radius 3 is 2.58 bits per heavy atom. The highest BCUT2D eigenvalue weighted by atomic mass is 32.1. The van der Waals surface area contributed by atoms with E-state index in [4.69, 9.17) is 4.74 Å². The van der Waals surface area contributed by atoms with Gasteiger partial charge in [-0.3, -0.25) is 10.1 Å². The second-order valence-electron chi connectivity index (χ2n) is 5.97. The molecule has 0 spiro atoms. The average Bonchev–Trinajstić information content (AvgIpc) is 2.96. The molecule has 0 aliphatic carbocycles. The van der Waals surface area contributed by atoms with E-state index in [1.807, 2.05) is 20.8 Å². The van der Waals surface area contributed by atoms with Gasteiger partial charge in [0.25, 0.3) is 6.43 Å². The number of halogens is 2. The Bertz CT molecular complexity index is 784. The molecule has 0 saturated carbocycles. The highest BCUT2D eigenvalue weighted by Crippen LogP contribution is 2.37. The van der Waals surface area contributed by atoms with Crippen molar-refractivity contribution in [1.82, 2.24) is 4.37 Å². The summed E-state index contributed by atoms with van der Waals surface area (Å²) < 4.78 is 35.1. The topological polar surface area (TPSA) is 82.3 Å². The number of rotatable bonds is 4. The first-order chi connectivity index (χ1) is 11.1. The van der Waals surface area contributed by atoms with Crippen molar-refractivity contribution in [2.75, 3.05) is 0 Å². The third-order valence-corrected chi connectivity index (χ3v) is 3.78. The summed E-state index contributed by atoms with van der Waals surface area (Å²) in [5.41, 5.74) is -1.52. The molecule has 0 unspecified atom stereocenters. The normalized spacial score (nSPS) is 11.6. The van der Waals surface area contributed by atoms with Gasteiger partial charge in [-0.05, 0) is 23.7 Å². The van der Waals surface area contributed by atoms with Crippen LogP contribution in [0.2, 0.25) is 0 Å². The van der Waals surface area contributed by atoms with Crippen molar-refractivity contribution in [3.8, 4) is 5.75 Å². The molecule has 0 aliphatic heterocycles. The second kappa shape index (κ2) is 6.60. The van der Waals surface area contributed by atoms with Crippen LogP contribution >= 0.6 is 11.5 Å². The largest absolute Gasteiger partial charge is 0.415 e. The van der Waals surface area contributed by atoms with Gasteiger partial charge in [-0.15, -0.1) is 0 Å². The molecule has 0 atom stereocenters. The van der Waals surface area contributed by atoms with Crippen LogP contribution in [-0.4, -0.2) is 15.3 Å². The van der Waals surface area contributed by atoms with E-state index >= 15 is 0 Å². The van der Waals surface area contributed by atoms with Crippen LogP contribution in [-0.2, 0) is 5.41 Å². The Morgan fingerprint density at radius 2 is 2.04 bits per heavy atom. The smallest absolute Gasteiger partial charge is 0.346 e. The van der Waals surface area contributed by atoms with Gasteiger partial charge in [0, 0.05) is 10.8 Å². The van der Waals surface area contributed by atoms with Crippen LogP contribution in [0.1, 0.15) is 48.8 Å². The fraction of sp³-hybridized carbons (Fsp3) is 0.333. The number of hydrogen-bond acceptors (Lipinski definition) is 6. The lowest BCUT2D eigenvalue weighted by Crippen LogP contribution is -2.19. The van der Waals surface area contributed by atoms with Crippen LogP contribution in [0.4, 0.5) is 14.5 Å². The van der Waals surface area contributed by atoms with Crippen LogP contribution < -0.4 is 4.74 Å². The van der Waals surface area contributed by atoms with Crippen molar-refractivity contribution in [2.45, 2.75) is 32.6 Å². The summed E-state index contributed by atoms with van der Waals surface area (Å²) in [6.45, 7) is 5.54. The van der Waals surface area contributed by atoms with E-state index in [-0.39, 0.29) is 5.56 Å². The van der Waals surface area contributed by atoms with Crippen LogP contribution in [0, 0.1) is 10.1 Å². The molecule has 0 aliphatic rings. The van der Waals surface area contributed by atoms with Gasteiger partial charge in [0.15, 0.2) is 0 Å². The summed E-state index contributed by atoms with van der Waals surface area (Å²) in [7, 11) is 0. The first-order valence-corrected chi connectivity index (χ1v) is 7.69. The van der Waals surface area contributed by atoms with Gasteiger partial charge in [0.1, 0.15) is 0 Å². The third kappa shape index (κ3) is 3.56. The van der Waals surface area contributed by atoms with Gasteiger partial charge in [0.2, 0.25) is 5.75 Å².